The van der Waals surface area contributed by atoms with Crippen LogP contribution in [-0.2, 0) is 36.3 Å². The minimum absolute atomic E-state index is 0.0182. The maximum absolute atomic E-state index is 12.5. The van der Waals surface area contributed by atoms with Gasteiger partial charge >= 0.3 is 23.5 Å². The average Bonchev–Trinajstić information content (AvgIpc) is 3.45. The number of imidazole rings is 1. The Hall–Kier alpha value is -1.48. The van der Waals surface area contributed by atoms with Crippen molar-refractivity contribution in [2.24, 2.45) is 5.41 Å². The van der Waals surface area contributed by atoms with Gasteiger partial charge < -0.3 is 45.4 Å². The van der Waals surface area contributed by atoms with Gasteiger partial charge in [0.05, 0.1) is 19.5 Å². The summed E-state index contributed by atoms with van der Waals surface area (Å²) in [5, 5.41) is 33.8. The van der Waals surface area contributed by atoms with Crippen LogP contribution in [0.4, 0.5) is 5.82 Å². The monoisotopic (exact) mass is 680 g/mol. The molecule has 246 valence electrons. The number of ether oxygens (including phenoxy) is 1. The summed E-state index contributed by atoms with van der Waals surface area (Å²) in [5.74, 6) is -0.0182. The van der Waals surface area contributed by atoms with Crippen molar-refractivity contribution < 1.29 is 71.2 Å². The summed E-state index contributed by atoms with van der Waals surface area (Å²) >= 11 is 0. The highest BCUT2D eigenvalue weighted by atomic mass is 31.3. The summed E-state index contributed by atoms with van der Waals surface area (Å²) in [6, 6.07) is 0. The smallest absolute Gasteiger partial charge is 0.388 e. The van der Waals surface area contributed by atoms with E-state index in [0.717, 1.165) is 17.2 Å². The highest BCUT2D eigenvalue weighted by molar-refractivity contribution is 7.61. The maximum atomic E-state index is 12.5. The molecule has 24 heteroatoms. The average molecular weight is 680 g/mol. The van der Waals surface area contributed by atoms with E-state index in [2.05, 4.69) is 29.1 Å². The molecule has 1 aliphatic heterocycles. The fraction of sp³-hybridized carbons (Fsp3) is 0.737. The molecule has 0 radical (unpaired) electrons. The first-order valence-electron chi connectivity index (χ1n) is 12.5. The zero-order valence-corrected chi connectivity index (χ0v) is 25.7. The van der Waals surface area contributed by atoms with Gasteiger partial charge in [0.15, 0.2) is 17.7 Å². The van der Waals surface area contributed by atoms with Crippen molar-refractivity contribution in [3.63, 3.8) is 0 Å². The SMILES string of the molecule is CCCNC(O)C(O)C(C)(C)COP(=O)(O)OP(=O)(O)OCC1OC(n2cnc3c(N)ncnc32)C(O)C1OP(=O)(O)O. The van der Waals surface area contributed by atoms with E-state index in [1.54, 1.807) is 0 Å². The second kappa shape index (κ2) is 13.9. The van der Waals surface area contributed by atoms with E-state index in [-0.39, 0.29) is 17.0 Å². The Morgan fingerprint density at radius 1 is 1.12 bits per heavy atom. The van der Waals surface area contributed by atoms with Crippen LogP contribution in [0.5, 0.6) is 0 Å². The number of aliphatic hydroxyl groups is 3. The zero-order valence-electron chi connectivity index (χ0n) is 23.1. The van der Waals surface area contributed by atoms with Gasteiger partial charge in [0.1, 0.15) is 42.5 Å². The van der Waals surface area contributed by atoms with E-state index in [0.29, 0.717) is 13.0 Å². The second-order valence-electron chi connectivity index (χ2n) is 10.1. The lowest BCUT2D eigenvalue weighted by Gasteiger charge is -2.34. The number of aromatic nitrogens is 4. The highest BCUT2D eigenvalue weighted by Crippen LogP contribution is 2.61. The molecule has 10 N–H and O–H groups in total. The summed E-state index contributed by atoms with van der Waals surface area (Å²) in [4.78, 5) is 50.5. The molecule has 0 saturated carbocycles. The Bertz CT molecular complexity index is 1390. The Morgan fingerprint density at radius 3 is 2.40 bits per heavy atom. The summed E-state index contributed by atoms with van der Waals surface area (Å²) in [6.45, 7) is 3.17. The lowest BCUT2D eigenvalue weighted by Crippen LogP contribution is -2.49. The van der Waals surface area contributed by atoms with Gasteiger partial charge in [-0.3, -0.25) is 23.5 Å². The Morgan fingerprint density at radius 2 is 1.77 bits per heavy atom. The number of rotatable bonds is 16. The predicted molar refractivity (Wildman–Crippen MR) is 143 cm³/mol. The minimum atomic E-state index is -5.46. The lowest BCUT2D eigenvalue weighted by molar-refractivity contribution is -0.0818. The predicted octanol–water partition coefficient (Wildman–Crippen LogP) is -0.900. The number of hydrogen-bond donors (Lipinski definition) is 9. The lowest BCUT2D eigenvalue weighted by atomic mass is 9.86. The Kier molecular flexibility index (Phi) is 11.6. The van der Waals surface area contributed by atoms with Crippen LogP contribution in [0.2, 0.25) is 0 Å². The maximum Gasteiger partial charge on any atom is 0.481 e. The number of nitrogens with two attached hydrogens (primary N) is 1. The molecular formula is C19H35N6O15P3. The highest BCUT2D eigenvalue weighted by Gasteiger charge is 2.50. The Labute approximate surface area is 244 Å². The number of nitrogen functional groups attached to an aromatic ring is 1. The topological polar surface area (TPSA) is 321 Å². The number of nitrogens with one attached hydrogen (secondary N) is 1. The third-order valence-electron chi connectivity index (χ3n) is 6.14. The summed E-state index contributed by atoms with van der Waals surface area (Å²) in [6.07, 6.45) is -6.88. The number of fused-ring (bicyclic) bond motifs is 1. The largest absolute Gasteiger partial charge is 0.481 e. The van der Waals surface area contributed by atoms with E-state index in [4.69, 9.17) is 19.5 Å². The third kappa shape index (κ3) is 9.51. The van der Waals surface area contributed by atoms with Crippen molar-refractivity contribution in [2.75, 3.05) is 25.5 Å². The number of anilines is 1. The summed E-state index contributed by atoms with van der Waals surface area (Å²) in [7, 11) is -16.1. The van der Waals surface area contributed by atoms with Crippen molar-refractivity contribution >= 4 is 40.4 Å². The van der Waals surface area contributed by atoms with Crippen LogP contribution in [-0.4, -0.2) is 105 Å². The molecule has 0 aromatic carbocycles. The van der Waals surface area contributed by atoms with Crippen molar-refractivity contribution in [2.45, 2.75) is 64.1 Å². The molecule has 0 spiro atoms. The molecule has 21 nitrogen and oxygen atoms in total. The van der Waals surface area contributed by atoms with Crippen LogP contribution < -0.4 is 11.1 Å². The number of hydrogen-bond acceptors (Lipinski definition) is 16. The van der Waals surface area contributed by atoms with E-state index in [9.17, 15) is 48.6 Å². The summed E-state index contributed by atoms with van der Waals surface area (Å²) in [5.41, 5.74) is 4.56. The molecule has 8 atom stereocenters. The molecule has 3 rings (SSSR count). The molecule has 0 bridgehead atoms. The molecule has 2 aromatic rings. The van der Waals surface area contributed by atoms with Gasteiger partial charge in [-0.2, -0.15) is 4.31 Å². The number of phosphoric acid groups is 3. The minimum Gasteiger partial charge on any atom is -0.388 e. The number of aliphatic hydroxyl groups excluding tert-OH is 3. The quantitative estimate of drug-likeness (QED) is 0.0766. The van der Waals surface area contributed by atoms with E-state index in [1.165, 1.54) is 13.8 Å². The van der Waals surface area contributed by atoms with Crippen molar-refractivity contribution in [1.82, 2.24) is 24.8 Å². The second-order valence-corrected chi connectivity index (χ2v) is 14.4. The van der Waals surface area contributed by atoms with E-state index < -0.39 is 79.0 Å². The zero-order chi connectivity index (χ0) is 32.4. The first-order chi connectivity index (χ1) is 19.8. The molecule has 1 saturated heterocycles. The fourth-order valence-corrected chi connectivity index (χ4v) is 6.77. The molecule has 8 unspecified atom stereocenters. The molecule has 43 heavy (non-hydrogen) atoms. The van der Waals surface area contributed by atoms with E-state index in [1.807, 2.05) is 6.92 Å². The van der Waals surface area contributed by atoms with Crippen LogP contribution in [0.25, 0.3) is 11.2 Å². The first-order valence-corrected chi connectivity index (χ1v) is 17.0. The van der Waals surface area contributed by atoms with Gasteiger partial charge in [0, 0.05) is 5.41 Å². The van der Waals surface area contributed by atoms with Crippen LogP contribution in [0.1, 0.15) is 33.4 Å². The van der Waals surface area contributed by atoms with Crippen molar-refractivity contribution in [3.8, 4) is 0 Å². The van der Waals surface area contributed by atoms with Gasteiger partial charge in [-0.1, -0.05) is 20.8 Å². The van der Waals surface area contributed by atoms with Crippen LogP contribution in [0, 0.1) is 5.41 Å². The first kappa shape index (κ1) is 36.0. The van der Waals surface area contributed by atoms with Crippen LogP contribution in [0.15, 0.2) is 12.7 Å². The number of nitrogens with zero attached hydrogens (tertiary/aromatic N) is 4. The normalized spacial score (nSPS) is 25.8. The van der Waals surface area contributed by atoms with Gasteiger partial charge in [-0.15, -0.1) is 0 Å². The third-order valence-corrected chi connectivity index (χ3v) is 9.24. The summed E-state index contributed by atoms with van der Waals surface area (Å²) < 4.78 is 61.6. The molecule has 2 aromatic heterocycles. The van der Waals surface area contributed by atoms with E-state index >= 15 is 0 Å². The van der Waals surface area contributed by atoms with Crippen LogP contribution in [0.3, 0.4) is 0 Å². The number of phosphoric ester groups is 3. The molecule has 0 aliphatic carbocycles. The molecule has 3 heterocycles. The van der Waals surface area contributed by atoms with Crippen molar-refractivity contribution in [3.05, 3.63) is 12.7 Å². The Balaban J connectivity index is 1.69. The van der Waals surface area contributed by atoms with Gasteiger partial charge in [-0.05, 0) is 13.0 Å². The van der Waals surface area contributed by atoms with Gasteiger partial charge in [0.2, 0.25) is 0 Å². The van der Waals surface area contributed by atoms with Crippen molar-refractivity contribution in [1.29, 1.82) is 0 Å². The van der Waals surface area contributed by atoms with Gasteiger partial charge in [0.25, 0.3) is 0 Å². The molecule has 1 fully saturated rings. The van der Waals surface area contributed by atoms with Crippen LogP contribution >= 0.6 is 23.5 Å². The molecular weight excluding hydrogens is 645 g/mol. The molecule has 1 aliphatic rings. The molecule has 0 amide bonds. The standard InChI is InChI=1S/C19H35N6O15P3/c1-4-5-21-17(28)14(27)19(2,3)7-37-43(34,35)40-42(32,33)36-6-10-13(39-41(29,30)31)12(26)18(38-10)25-9-24-11-15(20)22-8-23-16(11)25/h8-10,12-14,17-18,21,26-28H,4-7H2,1-3H3,(H,32,33)(H,34,35)(H2,20,22,23)(H2,29,30,31). The fourth-order valence-electron chi connectivity index (χ4n) is 3.94. The van der Waals surface area contributed by atoms with Gasteiger partial charge in [-0.25, -0.2) is 28.6 Å².